The Bertz CT molecular complexity index is 943. The molecule has 0 bridgehead atoms. The number of aromatic amines is 1. The molecule has 1 fully saturated rings. The minimum atomic E-state index is -0.367. The lowest BCUT2D eigenvalue weighted by Gasteiger charge is -2.34. The first kappa shape index (κ1) is 17.3. The molecule has 8 heteroatoms. The van der Waals surface area contributed by atoms with Crippen molar-refractivity contribution in [1.29, 1.82) is 0 Å². The lowest BCUT2D eigenvalue weighted by atomic mass is 10.1. The monoisotopic (exact) mass is 368 g/mol. The average Bonchev–Trinajstić information content (AvgIpc) is 3.16. The molecule has 4 rings (SSSR count). The summed E-state index contributed by atoms with van der Waals surface area (Å²) in [5.74, 6) is 0.359. The van der Waals surface area contributed by atoms with Crippen molar-refractivity contribution in [2.75, 3.05) is 29.9 Å². The predicted molar refractivity (Wildman–Crippen MR) is 102 cm³/mol. The predicted octanol–water partition coefficient (Wildman–Crippen LogP) is 2.29. The van der Waals surface area contributed by atoms with E-state index < -0.39 is 0 Å². The highest BCUT2D eigenvalue weighted by molar-refractivity contribution is 5.87. The molecule has 3 N–H and O–H groups in total. The normalized spacial score (nSPS) is 17.1. The van der Waals surface area contributed by atoms with Crippen LogP contribution < -0.4 is 15.5 Å². The van der Waals surface area contributed by atoms with E-state index in [2.05, 4.69) is 30.5 Å². The van der Waals surface area contributed by atoms with Gasteiger partial charge in [0.2, 0.25) is 5.91 Å². The molecule has 3 aromatic rings. The van der Waals surface area contributed by atoms with Crippen LogP contribution in [0.15, 0.2) is 42.9 Å². The van der Waals surface area contributed by atoms with Crippen LogP contribution in [0.4, 0.5) is 15.9 Å². The number of amides is 1. The van der Waals surface area contributed by atoms with Crippen molar-refractivity contribution in [3.05, 3.63) is 48.7 Å². The third-order valence-electron chi connectivity index (χ3n) is 4.73. The fourth-order valence-electron chi connectivity index (χ4n) is 3.46. The first-order valence-corrected chi connectivity index (χ1v) is 9.01. The maximum Gasteiger partial charge on any atom is 0.239 e. The van der Waals surface area contributed by atoms with Crippen LogP contribution in [0.2, 0.25) is 0 Å². The van der Waals surface area contributed by atoms with Gasteiger partial charge in [0.25, 0.3) is 0 Å². The zero-order chi connectivity index (χ0) is 18.6. The summed E-state index contributed by atoms with van der Waals surface area (Å²) in [5, 5.41) is 6.85. The largest absolute Gasteiger partial charge is 0.374 e. The Morgan fingerprint density at radius 2 is 2.19 bits per heavy atom. The van der Waals surface area contributed by atoms with Crippen LogP contribution >= 0.6 is 0 Å². The average molecular weight is 368 g/mol. The number of anilines is 2. The van der Waals surface area contributed by atoms with Crippen LogP contribution in [0.1, 0.15) is 12.8 Å². The molecule has 0 spiro atoms. The van der Waals surface area contributed by atoms with Crippen LogP contribution in [-0.2, 0) is 4.79 Å². The lowest BCUT2D eigenvalue weighted by Crippen LogP contribution is -2.49. The number of hydrogen-bond acceptors (Lipinski definition) is 5. The van der Waals surface area contributed by atoms with Gasteiger partial charge in [0.15, 0.2) is 0 Å². The molecule has 1 unspecified atom stereocenters. The first-order valence-electron chi connectivity index (χ1n) is 9.01. The van der Waals surface area contributed by atoms with Crippen molar-refractivity contribution in [2.45, 2.75) is 18.9 Å². The fraction of sp³-hybridized carbons (Fsp3) is 0.316. The second-order valence-corrected chi connectivity index (χ2v) is 6.62. The highest BCUT2D eigenvalue weighted by Gasteiger charge is 2.23. The quantitative estimate of drug-likeness (QED) is 0.643. The van der Waals surface area contributed by atoms with E-state index in [1.54, 1.807) is 24.5 Å². The van der Waals surface area contributed by atoms with Crippen LogP contribution in [0.5, 0.6) is 0 Å². The second kappa shape index (κ2) is 7.61. The number of halogens is 1. The number of hydrogen-bond donors (Lipinski definition) is 3. The maximum atomic E-state index is 13.6. The van der Waals surface area contributed by atoms with E-state index in [1.807, 2.05) is 12.3 Å². The number of nitrogens with one attached hydrogen (secondary N) is 3. The summed E-state index contributed by atoms with van der Waals surface area (Å²) in [6.45, 7) is 1.60. The lowest BCUT2D eigenvalue weighted by molar-refractivity contribution is -0.120. The van der Waals surface area contributed by atoms with Gasteiger partial charge < -0.3 is 20.5 Å². The summed E-state index contributed by atoms with van der Waals surface area (Å²) < 4.78 is 13.6. The molecule has 27 heavy (non-hydrogen) atoms. The van der Waals surface area contributed by atoms with Crippen molar-refractivity contribution < 1.29 is 9.18 Å². The zero-order valence-electron chi connectivity index (χ0n) is 14.8. The fourth-order valence-corrected chi connectivity index (χ4v) is 3.46. The Kier molecular flexibility index (Phi) is 4.86. The molecule has 2 aromatic heterocycles. The van der Waals surface area contributed by atoms with Gasteiger partial charge in [-0.1, -0.05) is 12.1 Å². The SMILES string of the molecule is O=C(CNc1ccccc1F)NC1CCCN(c2ncnc3[nH]ccc23)C1. The highest BCUT2D eigenvalue weighted by atomic mass is 19.1. The van der Waals surface area contributed by atoms with Crippen LogP contribution in [0.3, 0.4) is 0 Å². The molecule has 140 valence electrons. The van der Waals surface area contributed by atoms with Crippen molar-refractivity contribution in [3.8, 4) is 0 Å². The number of carbonyl (C=O) groups is 1. The molecule has 7 nitrogen and oxygen atoms in total. The van der Waals surface area contributed by atoms with E-state index in [4.69, 9.17) is 0 Å². The summed E-state index contributed by atoms with van der Waals surface area (Å²) in [7, 11) is 0. The van der Waals surface area contributed by atoms with Gasteiger partial charge in [0, 0.05) is 25.3 Å². The number of benzene rings is 1. The molecule has 1 aliphatic rings. The summed E-state index contributed by atoms with van der Waals surface area (Å²) in [6.07, 6.45) is 5.26. The van der Waals surface area contributed by atoms with E-state index in [0.29, 0.717) is 12.2 Å². The number of para-hydroxylation sites is 1. The number of nitrogens with zero attached hydrogens (tertiary/aromatic N) is 3. The third-order valence-corrected chi connectivity index (χ3v) is 4.73. The van der Waals surface area contributed by atoms with Crippen molar-refractivity contribution in [1.82, 2.24) is 20.3 Å². The molecule has 1 amide bonds. The Morgan fingerprint density at radius 1 is 1.30 bits per heavy atom. The molecule has 1 saturated heterocycles. The summed E-state index contributed by atoms with van der Waals surface area (Å²) >= 11 is 0. The first-order chi connectivity index (χ1) is 13.2. The molecular weight excluding hydrogens is 347 g/mol. The molecule has 3 heterocycles. The van der Waals surface area contributed by atoms with Gasteiger partial charge in [-0.2, -0.15) is 0 Å². The number of piperidine rings is 1. The van der Waals surface area contributed by atoms with Crippen molar-refractivity contribution >= 4 is 28.4 Å². The van der Waals surface area contributed by atoms with E-state index in [1.165, 1.54) is 6.07 Å². The number of carbonyl (C=O) groups excluding carboxylic acids is 1. The molecule has 1 aromatic carbocycles. The van der Waals surface area contributed by atoms with Crippen LogP contribution in [0.25, 0.3) is 11.0 Å². The van der Waals surface area contributed by atoms with Gasteiger partial charge >= 0.3 is 0 Å². The summed E-state index contributed by atoms with van der Waals surface area (Å²) in [5.41, 5.74) is 1.13. The number of aromatic nitrogens is 3. The molecule has 1 atom stereocenters. The molecule has 0 radical (unpaired) electrons. The van der Waals surface area contributed by atoms with Gasteiger partial charge in [0.05, 0.1) is 17.6 Å². The van der Waals surface area contributed by atoms with Gasteiger partial charge in [-0.3, -0.25) is 4.79 Å². The van der Waals surface area contributed by atoms with Crippen molar-refractivity contribution in [3.63, 3.8) is 0 Å². The molecule has 1 aliphatic heterocycles. The Morgan fingerprint density at radius 3 is 3.07 bits per heavy atom. The smallest absolute Gasteiger partial charge is 0.239 e. The number of fused-ring (bicyclic) bond motifs is 1. The molecular formula is C19H21FN6O. The Labute approximate surface area is 156 Å². The van der Waals surface area contributed by atoms with E-state index >= 15 is 0 Å². The van der Waals surface area contributed by atoms with Gasteiger partial charge in [0.1, 0.15) is 23.6 Å². The minimum absolute atomic E-state index is 0.0256. The third kappa shape index (κ3) is 3.84. The van der Waals surface area contributed by atoms with Gasteiger partial charge in [-0.05, 0) is 31.0 Å². The van der Waals surface area contributed by atoms with Gasteiger partial charge in [-0.15, -0.1) is 0 Å². The summed E-state index contributed by atoms with van der Waals surface area (Å²) in [4.78, 5) is 26.2. The second-order valence-electron chi connectivity index (χ2n) is 6.62. The standard InChI is InChI=1S/C19H21FN6O/c20-15-5-1-2-6-16(15)22-10-17(27)25-13-4-3-9-26(11-13)19-14-7-8-21-18(14)23-12-24-19/h1-2,5-8,12-13,22H,3-4,9-11H2,(H,25,27)(H,21,23,24). The molecule has 0 saturated carbocycles. The summed E-state index contributed by atoms with van der Waals surface area (Å²) in [6, 6.07) is 8.31. The van der Waals surface area contributed by atoms with Crippen LogP contribution in [0, 0.1) is 5.82 Å². The van der Waals surface area contributed by atoms with Crippen molar-refractivity contribution in [2.24, 2.45) is 0 Å². The number of rotatable bonds is 5. The maximum absolute atomic E-state index is 13.6. The van der Waals surface area contributed by atoms with E-state index in [9.17, 15) is 9.18 Å². The highest BCUT2D eigenvalue weighted by Crippen LogP contribution is 2.25. The minimum Gasteiger partial charge on any atom is -0.374 e. The molecule has 0 aliphatic carbocycles. The number of H-pyrrole nitrogens is 1. The zero-order valence-corrected chi connectivity index (χ0v) is 14.8. The van der Waals surface area contributed by atoms with Crippen LogP contribution in [-0.4, -0.2) is 46.5 Å². The van der Waals surface area contributed by atoms with E-state index in [-0.39, 0.29) is 24.3 Å². The topological polar surface area (TPSA) is 85.9 Å². The van der Waals surface area contributed by atoms with Gasteiger partial charge in [-0.25, -0.2) is 14.4 Å². The Hall–Kier alpha value is -3.16. The van der Waals surface area contributed by atoms with E-state index in [0.717, 1.165) is 36.2 Å². The Balaban J connectivity index is 1.36.